The standard InChI is InChI=1S/C25H23N5O3S/c1-14-9-17(18-10-15(2)27-12-22(18)32-3)19(11-26-14)23(31)30-25-29-21-7-6-20(28-24(21)34-25)16-5-4-8-33-13-16/h5-7,9-12H,4,8,13H2,1-3H3,(H,29,30,31). The van der Waals surface area contributed by atoms with E-state index >= 15 is 0 Å². The first-order valence-electron chi connectivity index (χ1n) is 10.9. The molecule has 0 aliphatic carbocycles. The van der Waals surface area contributed by atoms with Gasteiger partial charge < -0.3 is 9.47 Å². The Hall–Kier alpha value is -3.69. The van der Waals surface area contributed by atoms with Crippen LogP contribution < -0.4 is 10.1 Å². The summed E-state index contributed by atoms with van der Waals surface area (Å²) in [6, 6.07) is 7.63. The summed E-state index contributed by atoms with van der Waals surface area (Å²) in [5, 5.41) is 3.40. The number of thiazole rings is 1. The van der Waals surface area contributed by atoms with Gasteiger partial charge in [0.25, 0.3) is 5.91 Å². The van der Waals surface area contributed by atoms with Gasteiger partial charge in [0.1, 0.15) is 16.1 Å². The van der Waals surface area contributed by atoms with Gasteiger partial charge in [0.05, 0.1) is 37.8 Å². The summed E-state index contributed by atoms with van der Waals surface area (Å²) >= 11 is 1.34. The molecule has 4 aromatic heterocycles. The highest BCUT2D eigenvalue weighted by Gasteiger charge is 2.19. The topological polar surface area (TPSA) is 99.1 Å². The van der Waals surface area contributed by atoms with Crippen LogP contribution in [0.4, 0.5) is 5.13 Å². The molecule has 34 heavy (non-hydrogen) atoms. The number of carbonyl (C=O) groups is 1. The maximum absolute atomic E-state index is 13.3. The molecule has 1 aliphatic heterocycles. The van der Waals surface area contributed by atoms with Gasteiger partial charge in [-0.15, -0.1) is 0 Å². The van der Waals surface area contributed by atoms with Crippen molar-refractivity contribution in [3.8, 4) is 16.9 Å². The van der Waals surface area contributed by atoms with Crippen molar-refractivity contribution in [2.45, 2.75) is 20.3 Å². The van der Waals surface area contributed by atoms with Crippen molar-refractivity contribution in [2.75, 3.05) is 25.6 Å². The third-order valence-electron chi connectivity index (χ3n) is 5.52. The number of aromatic nitrogens is 4. The molecule has 0 radical (unpaired) electrons. The second-order valence-corrected chi connectivity index (χ2v) is 8.94. The Morgan fingerprint density at radius 1 is 1.09 bits per heavy atom. The fourth-order valence-electron chi connectivity index (χ4n) is 3.83. The summed E-state index contributed by atoms with van der Waals surface area (Å²) in [6.45, 7) is 5.08. The number of fused-ring (bicyclic) bond motifs is 1. The van der Waals surface area contributed by atoms with Gasteiger partial charge in [-0.25, -0.2) is 9.97 Å². The quantitative estimate of drug-likeness (QED) is 0.443. The monoisotopic (exact) mass is 473 g/mol. The summed E-state index contributed by atoms with van der Waals surface area (Å²) in [6.07, 6.45) is 6.27. The van der Waals surface area contributed by atoms with Gasteiger partial charge in [0, 0.05) is 28.7 Å². The van der Waals surface area contributed by atoms with E-state index in [1.165, 1.54) is 11.3 Å². The SMILES string of the molecule is COc1cnc(C)cc1-c1cc(C)ncc1C(=O)Nc1nc2ccc(C3=CCCOC3)nc2s1. The fraction of sp³-hybridized carbons (Fsp3) is 0.240. The van der Waals surface area contributed by atoms with Crippen molar-refractivity contribution in [3.05, 3.63) is 65.4 Å². The van der Waals surface area contributed by atoms with Gasteiger partial charge in [-0.05, 0) is 50.1 Å². The third kappa shape index (κ3) is 4.40. The number of ether oxygens (including phenoxy) is 2. The number of hydrogen-bond donors (Lipinski definition) is 1. The van der Waals surface area contributed by atoms with Gasteiger partial charge in [-0.3, -0.25) is 20.1 Å². The average molecular weight is 474 g/mol. The van der Waals surface area contributed by atoms with Crippen LogP contribution in [0.1, 0.15) is 33.9 Å². The van der Waals surface area contributed by atoms with Gasteiger partial charge in [0.2, 0.25) is 0 Å². The third-order valence-corrected chi connectivity index (χ3v) is 6.40. The minimum absolute atomic E-state index is 0.304. The number of anilines is 1. The van der Waals surface area contributed by atoms with E-state index in [4.69, 9.17) is 14.5 Å². The molecule has 0 fully saturated rings. The Bertz CT molecular complexity index is 1430. The van der Waals surface area contributed by atoms with Gasteiger partial charge in [-0.1, -0.05) is 17.4 Å². The van der Waals surface area contributed by atoms with Crippen LogP contribution in [-0.4, -0.2) is 46.2 Å². The summed E-state index contributed by atoms with van der Waals surface area (Å²) < 4.78 is 11.0. The van der Waals surface area contributed by atoms with Crippen LogP contribution >= 0.6 is 11.3 Å². The molecule has 9 heteroatoms. The lowest BCUT2D eigenvalue weighted by Crippen LogP contribution is -2.14. The number of hydrogen-bond acceptors (Lipinski definition) is 8. The number of carbonyl (C=O) groups excluding carboxylic acids is 1. The zero-order chi connectivity index (χ0) is 23.7. The van der Waals surface area contributed by atoms with E-state index in [9.17, 15) is 4.79 Å². The largest absolute Gasteiger partial charge is 0.494 e. The highest BCUT2D eigenvalue weighted by molar-refractivity contribution is 7.22. The molecule has 172 valence electrons. The zero-order valence-electron chi connectivity index (χ0n) is 19.1. The molecule has 0 atom stereocenters. The lowest BCUT2D eigenvalue weighted by atomic mass is 9.99. The van der Waals surface area contributed by atoms with Crippen LogP contribution in [0, 0.1) is 13.8 Å². The lowest BCUT2D eigenvalue weighted by Gasteiger charge is -2.13. The molecule has 0 unspecified atom stereocenters. The molecule has 0 aromatic carbocycles. The number of pyridine rings is 3. The molecule has 4 aromatic rings. The zero-order valence-corrected chi connectivity index (χ0v) is 19.9. The molecule has 1 aliphatic rings. The first kappa shape index (κ1) is 22.1. The summed E-state index contributed by atoms with van der Waals surface area (Å²) in [7, 11) is 1.58. The molecule has 5 rings (SSSR count). The van der Waals surface area contributed by atoms with Crippen molar-refractivity contribution in [2.24, 2.45) is 0 Å². The number of amides is 1. The predicted molar refractivity (Wildman–Crippen MR) is 132 cm³/mol. The van der Waals surface area contributed by atoms with E-state index in [1.807, 2.05) is 38.1 Å². The maximum atomic E-state index is 13.3. The number of methoxy groups -OCH3 is 1. The van der Waals surface area contributed by atoms with E-state index in [0.29, 0.717) is 23.1 Å². The van der Waals surface area contributed by atoms with E-state index < -0.39 is 0 Å². The molecule has 0 bridgehead atoms. The van der Waals surface area contributed by atoms with E-state index in [1.54, 1.807) is 19.5 Å². The molecule has 1 amide bonds. The van der Waals surface area contributed by atoms with Crippen LogP contribution in [-0.2, 0) is 4.74 Å². The van der Waals surface area contributed by atoms with E-state index in [2.05, 4.69) is 26.3 Å². The summed E-state index contributed by atoms with van der Waals surface area (Å²) in [4.78, 5) is 32.0. The van der Waals surface area contributed by atoms with Crippen molar-refractivity contribution in [1.29, 1.82) is 0 Å². The number of nitrogens with zero attached hydrogens (tertiary/aromatic N) is 4. The Morgan fingerprint density at radius 2 is 1.88 bits per heavy atom. The molecule has 5 heterocycles. The van der Waals surface area contributed by atoms with E-state index in [-0.39, 0.29) is 5.91 Å². The van der Waals surface area contributed by atoms with Crippen LogP contribution in [0.25, 0.3) is 27.0 Å². The lowest BCUT2D eigenvalue weighted by molar-refractivity contribution is 0.102. The molecular weight excluding hydrogens is 450 g/mol. The number of rotatable bonds is 5. The van der Waals surface area contributed by atoms with Gasteiger partial charge in [0.15, 0.2) is 5.13 Å². The van der Waals surface area contributed by atoms with E-state index in [0.717, 1.165) is 57.2 Å². The van der Waals surface area contributed by atoms with Crippen molar-refractivity contribution in [1.82, 2.24) is 19.9 Å². The van der Waals surface area contributed by atoms with Gasteiger partial charge >= 0.3 is 0 Å². The van der Waals surface area contributed by atoms with Crippen LogP contribution in [0.15, 0.2) is 42.7 Å². The van der Waals surface area contributed by atoms with Crippen molar-refractivity contribution in [3.63, 3.8) is 0 Å². The van der Waals surface area contributed by atoms with Crippen molar-refractivity contribution < 1.29 is 14.3 Å². The van der Waals surface area contributed by atoms with Crippen LogP contribution in [0.2, 0.25) is 0 Å². The normalized spacial score (nSPS) is 13.6. The van der Waals surface area contributed by atoms with Crippen LogP contribution in [0.5, 0.6) is 5.75 Å². The smallest absolute Gasteiger partial charge is 0.259 e. The first-order chi connectivity index (χ1) is 16.5. The first-order valence-corrected chi connectivity index (χ1v) is 11.7. The Kier molecular flexibility index (Phi) is 6.04. The van der Waals surface area contributed by atoms with Crippen molar-refractivity contribution >= 4 is 38.3 Å². The Balaban J connectivity index is 1.47. The molecule has 0 spiro atoms. The summed E-state index contributed by atoms with van der Waals surface area (Å²) in [5.41, 5.74) is 6.22. The molecule has 8 nitrogen and oxygen atoms in total. The molecule has 0 saturated heterocycles. The Morgan fingerprint density at radius 3 is 2.65 bits per heavy atom. The highest BCUT2D eigenvalue weighted by Crippen LogP contribution is 2.34. The summed E-state index contributed by atoms with van der Waals surface area (Å²) in [5.74, 6) is 0.282. The number of aryl methyl sites for hydroxylation is 2. The Labute approximate surface area is 200 Å². The maximum Gasteiger partial charge on any atom is 0.259 e. The fourth-order valence-corrected chi connectivity index (χ4v) is 4.67. The average Bonchev–Trinajstić information content (AvgIpc) is 3.25. The molecular formula is C25H23N5O3S. The van der Waals surface area contributed by atoms with Gasteiger partial charge in [-0.2, -0.15) is 0 Å². The second kappa shape index (κ2) is 9.28. The molecule has 1 N–H and O–H groups in total. The second-order valence-electron chi connectivity index (χ2n) is 7.96. The van der Waals surface area contributed by atoms with Crippen LogP contribution in [0.3, 0.4) is 0 Å². The minimum atomic E-state index is -0.304. The number of nitrogens with one attached hydrogen (secondary N) is 1. The minimum Gasteiger partial charge on any atom is -0.494 e. The molecule has 0 saturated carbocycles. The predicted octanol–water partition coefficient (Wildman–Crippen LogP) is 4.83. The highest BCUT2D eigenvalue weighted by atomic mass is 32.1.